The van der Waals surface area contributed by atoms with Gasteiger partial charge in [-0.3, -0.25) is 4.79 Å². The topological polar surface area (TPSA) is 67.6 Å². The van der Waals surface area contributed by atoms with Crippen LogP contribution in [0.15, 0.2) is 0 Å². The van der Waals surface area contributed by atoms with Crippen LogP contribution >= 0.6 is 11.3 Å². The van der Waals surface area contributed by atoms with E-state index in [4.69, 9.17) is 10.5 Å². The van der Waals surface area contributed by atoms with E-state index in [-0.39, 0.29) is 12.0 Å². The summed E-state index contributed by atoms with van der Waals surface area (Å²) in [6.45, 7) is 12.1. The summed E-state index contributed by atoms with van der Waals surface area (Å²) in [5.41, 5.74) is 6.59. The molecule has 1 amide bonds. The molecule has 1 heterocycles. The van der Waals surface area contributed by atoms with Crippen molar-refractivity contribution in [2.75, 3.05) is 30.8 Å². The average molecular weight is 313 g/mol. The molecular weight excluding hydrogens is 286 g/mol. The van der Waals surface area contributed by atoms with Gasteiger partial charge < -0.3 is 20.7 Å². The molecule has 0 radical (unpaired) electrons. The fraction of sp³-hybridized carbons (Fsp3) is 0.667. The van der Waals surface area contributed by atoms with Gasteiger partial charge in [0.05, 0.1) is 6.10 Å². The first-order valence-electron chi connectivity index (χ1n) is 7.37. The van der Waals surface area contributed by atoms with Gasteiger partial charge in [-0.2, -0.15) is 0 Å². The van der Waals surface area contributed by atoms with Gasteiger partial charge in [-0.1, -0.05) is 13.8 Å². The van der Waals surface area contributed by atoms with Crippen LogP contribution in [0.5, 0.6) is 5.75 Å². The van der Waals surface area contributed by atoms with Crippen molar-refractivity contribution in [3.8, 4) is 5.75 Å². The number of ether oxygens (including phenoxy) is 1. The highest BCUT2D eigenvalue weighted by atomic mass is 32.1. The molecule has 0 aliphatic rings. The molecule has 0 saturated heterocycles. The fourth-order valence-corrected chi connectivity index (χ4v) is 3.23. The number of amides is 1. The van der Waals surface area contributed by atoms with Crippen LogP contribution in [-0.4, -0.2) is 32.1 Å². The van der Waals surface area contributed by atoms with E-state index in [2.05, 4.69) is 31.0 Å². The smallest absolute Gasteiger partial charge is 0.263 e. The zero-order valence-corrected chi connectivity index (χ0v) is 14.6. The van der Waals surface area contributed by atoms with E-state index in [1.807, 2.05) is 13.8 Å². The molecule has 0 aromatic carbocycles. The van der Waals surface area contributed by atoms with Gasteiger partial charge in [0, 0.05) is 20.1 Å². The molecule has 0 unspecified atom stereocenters. The molecule has 6 heteroatoms. The lowest BCUT2D eigenvalue weighted by molar-refractivity contribution is 0.0967. The van der Waals surface area contributed by atoms with Crippen LogP contribution in [0.2, 0.25) is 0 Å². The molecule has 1 aromatic rings. The van der Waals surface area contributed by atoms with Crippen molar-refractivity contribution >= 4 is 27.9 Å². The second kappa shape index (κ2) is 7.54. The highest BCUT2D eigenvalue weighted by Gasteiger charge is 2.25. The summed E-state index contributed by atoms with van der Waals surface area (Å²) in [4.78, 5) is 14.7. The average Bonchev–Trinajstić information content (AvgIpc) is 2.72. The van der Waals surface area contributed by atoms with Crippen LogP contribution in [0.4, 0.5) is 10.7 Å². The quantitative estimate of drug-likeness (QED) is 0.812. The lowest BCUT2D eigenvalue weighted by Gasteiger charge is -2.25. The predicted molar refractivity (Wildman–Crippen MR) is 90.6 cm³/mol. The maximum absolute atomic E-state index is 12.0. The molecule has 0 fully saturated rings. The number of rotatable bonds is 7. The number of anilines is 2. The molecule has 1 rings (SSSR count). The predicted octanol–water partition coefficient (Wildman–Crippen LogP) is 2.96. The van der Waals surface area contributed by atoms with Crippen molar-refractivity contribution < 1.29 is 9.53 Å². The molecule has 0 aliphatic heterocycles. The van der Waals surface area contributed by atoms with Gasteiger partial charge in [-0.05, 0) is 26.7 Å². The van der Waals surface area contributed by atoms with Crippen LogP contribution in [0, 0.1) is 5.92 Å². The molecular formula is C15H27N3O2S. The minimum absolute atomic E-state index is 0.0101. The number of hydrogen-bond acceptors (Lipinski definition) is 5. The lowest BCUT2D eigenvalue weighted by atomic mass is 10.2. The zero-order valence-electron chi connectivity index (χ0n) is 13.8. The van der Waals surface area contributed by atoms with E-state index >= 15 is 0 Å². The van der Waals surface area contributed by atoms with Gasteiger partial charge in [-0.15, -0.1) is 11.3 Å². The van der Waals surface area contributed by atoms with Crippen molar-refractivity contribution in [3.63, 3.8) is 0 Å². The first kappa shape index (κ1) is 17.6. The number of nitrogen functional groups attached to an aromatic ring is 1. The van der Waals surface area contributed by atoms with Crippen molar-refractivity contribution in [2.24, 2.45) is 5.92 Å². The number of nitrogens with two attached hydrogens (primary N) is 1. The molecule has 0 atom stereocenters. The third kappa shape index (κ3) is 4.27. The number of carbonyl (C=O) groups excluding carboxylic acids is 1. The SMILES string of the molecule is CCN(CC(C)C)c1sc(C(=O)NC)c(N)c1OC(C)C. The number of nitrogens with one attached hydrogen (secondary N) is 1. The van der Waals surface area contributed by atoms with E-state index in [0.717, 1.165) is 18.1 Å². The first-order chi connectivity index (χ1) is 9.81. The molecule has 21 heavy (non-hydrogen) atoms. The van der Waals surface area contributed by atoms with Crippen LogP contribution in [0.1, 0.15) is 44.3 Å². The van der Waals surface area contributed by atoms with E-state index in [1.165, 1.54) is 11.3 Å². The van der Waals surface area contributed by atoms with Gasteiger partial charge in [0.1, 0.15) is 15.6 Å². The van der Waals surface area contributed by atoms with E-state index in [9.17, 15) is 4.79 Å². The van der Waals surface area contributed by atoms with E-state index in [1.54, 1.807) is 7.05 Å². The zero-order chi connectivity index (χ0) is 16.2. The van der Waals surface area contributed by atoms with Gasteiger partial charge in [0.15, 0.2) is 5.75 Å². The van der Waals surface area contributed by atoms with E-state index < -0.39 is 0 Å². The molecule has 1 aromatic heterocycles. The summed E-state index contributed by atoms with van der Waals surface area (Å²) in [5.74, 6) is 0.984. The molecule has 5 nitrogen and oxygen atoms in total. The van der Waals surface area contributed by atoms with Crippen LogP contribution in [0.25, 0.3) is 0 Å². The Hall–Kier alpha value is -1.43. The van der Waals surface area contributed by atoms with Crippen LogP contribution in [0.3, 0.4) is 0 Å². The Morgan fingerprint density at radius 3 is 2.43 bits per heavy atom. The highest BCUT2D eigenvalue weighted by Crippen LogP contribution is 2.45. The second-order valence-corrected chi connectivity index (χ2v) is 6.66. The minimum Gasteiger partial charge on any atom is -0.486 e. The Morgan fingerprint density at radius 1 is 1.38 bits per heavy atom. The fourth-order valence-electron chi connectivity index (χ4n) is 2.05. The van der Waals surface area contributed by atoms with Crippen LogP contribution in [-0.2, 0) is 0 Å². The number of nitrogens with zero attached hydrogens (tertiary/aromatic N) is 1. The Morgan fingerprint density at radius 2 is 2.00 bits per heavy atom. The van der Waals surface area contributed by atoms with Gasteiger partial charge in [-0.25, -0.2) is 0 Å². The summed E-state index contributed by atoms with van der Waals surface area (Å²) >= 11 is 1.40. The van der Waals surface area contributed by atoms with Crippen LogP contribution < -0.4 is 20.7 Å². The summed E-state index contributed by atoms with van der Waals surface area (Å²) in [6, 6.07) is 0. The summed E-state index contributed by atoms with van der Waals surface area (Å²) in [5, 5.41) is 3.57. The third-order valence-electron chi connectivity index (χ3n) is 2.92. The number of thiophene rings is 1. The van der Waals surface area contributed by atoms with Crippen molar-refractivity contribution in [2.45, 2.75) is 40.7 Å². The molecule has 0 aliphatic carbocycles. The number of carbonyl (C=O) groups is 1. The minimum atomic E-state index is -0.169. The maximum Gasteiger partial charge on any atom is 0.263 e. The van der Waals surface area contributed by atoms with Crippen molar-refractivity contribution in [3.05, 3.63) is 4.88 Å². The van der Waals surface area contributed by atoms with E-state index in [0.29, 0.717) is 22.2 Å². The summed E-state index contributed by atoms with van der Waals surface area (Å²) < 4.78 is 5.88. The molecule has 3 N–H and O–H groups in total. The third-order valence-corrected chi connectivity index (χ3v) is 4.17. The highest BCUT2D eigenvalue weighted by molar-refractivity contribution is 7.19. The normalized spacial score (nSPS) is 11.0. The van der Waals surface area contributed by atoms with Gasteiger partial charge in [0.25, 0.3) is 5.91 Å². The summed E-state index contributed by atoms with van der Waals surface area (Å²) in [6.07, 6.45) is 0.0101. The van der Waals surface area contributed by atoms with Gasteiger partial charge >= 0.3 is 0 Å². The first-order valence-corrected chi connectivity index (χ1v) is 8.19. The van der Waals surface area contributed by atoms with Gasteiger partial charge in [0.2, 0.25) is 0 Å². The van der Waals surface area contributed by atoms with Crippen molar-refractivity contribution in [1.29, 1.82) is 0 Å². The number of hydrogen-bond donors (Lipinski definition) is 2. The molecule has 0 spiro atoms. The summed E-state index contributed by atoms with van der Waals surface area (Å²) in [7, 11) is 1.61. The maximum atomic E-state index is 12.0. The Labute approximate surface area is 131 Å². The largest absolute Gasteiger partial charge is 0.486 e. The molecule has 0 bridgehead atoms. The Kier molecular flexibility index (Phi) is 6.33. The standard InChI is InChI=1S/C15H27N3O2S/c1-7-18(8-9(2)3)15-12(20-10(4)5)11(16)13(21-15)14(19)17-6/h9-10H,7-8,16H2,1-6H3,(H,17,19). The second-order valence-electron chi connectivity index (χ2n) is 5.66. The monoisotopic (exact) mass is 313 g/mol. The lowest BCUT2D eigenvalue weighted by Crippen LogP contribution is -2.27. The Bertz CT molecular complexity index is 484. The Balaban J connectivity index is 3.29. The molecule has 120 valence electrons. The molecule has 0 saturated carbocycles. The van der Waals surface area contributed by atoms with Crippen molar-refractivity contribution in [1.82, 2.24) is 5.32 Å².